The Hall–Kier alpha value is -1.89. The second-order valence-electron chi connectivity index (χ2n) is 5.24. The van der Waals surface area contributed by atoms with E-state index in [9.17, 15) is 0 Å². The second kappa shape index (κ2) is 3.81. The van der Waals surface area contributed by atoms with Crippen molar-refractivity contribution in [2.24, 2.45) is 5.41 Å². The Labute approximate surface area is 107 Å². The van der Waals surface area contributed by atoms with Crippen molar-refractivity contribution in [1.29, 1.82) is 5.26 Å². The van der Waals surface area contributed by atoms with Crippen molar-refractivity contribution in [1.82, 2.24) is 0 Å². The van der Waals surface area contributed by atoms with Gasteiger partial charge in [0.25, 0.3) is 0 Å². The summed E-state index contributed by atoms with van der Waals surface area (Å²) in [6, 6.07) is 6.43. The van der Waals surface area contributed by atoms with Crippen LogP contribution in [0.1, 0.15) is 18.4 Å². The van der Waals surface area contributed by atoms with Gasteiger partial charge in [-0.25, -0.2) is 0 Å². The molecule has 1 aromatic carbocycles. The predicted octanol–water partition coefficient (Wildman–Crippen LogP) is 2.46. The van der Waals surface area contributed by atoms with Crippen LogP contribution in [0.25, 0.3) is 0 Å². The van der Waals surface area contributed by atoms with Crippen LogP contribution in [-0.4, -0.2) is 20.4 Å². The summed E-state index contributed by atoms with van der Waals surface area (Å²) in [6.07, 6.45) is 2.02. The fraction of sp³-hybridized carbons (Fsp3) is 0.500. The highest BCUT2D eigenvalue weighted by atomic mass is 16.7. The number of nitrogens with zero attached hydrogens (tertiary/aromatic N) is 2. The fourth-order valence-electron chi connectivity index (χ4n) is 2.44. The van der Waals surface area contributed by atoms with Gasteiger partial charge < -0.3 is 14.4 Å². The Morgan fingerprint density at radius 3 is 2.61 bits per heavy atom. The molecule has 3 rings (SSSR count). The monoisotopic (exact) mass is 244 g/mol. The molecule has 0 aromatic heterocycles. The van der Waals surface area contributed by atoms with Gasteiger partial charge >= 0.3 is 0 Å². The molecule has 1 fully saturated rings. The van der Waals surface area contributed by atoms with Gasteiger partial charge in [-0.15, -0.1) is 0 Å². The molecule has 4 nitrogen and oxygen atoms in total. The number of rotatable bonds is 3. The molecule has 94 valence electrons. The molecule has 0 radical (unpaired) electrons. The van der Waals surface area contributed by atoms with Crippen LogP contribution in [-0.2, 0) is 0 Å². The first kappa shape index (κ1) is 11.2. The first-order valence-electron chi connectivity index (χ1n) is 6.16. The Morgan fingerprint density at radius 2 is 2.00 bits per heavy atom. The lowest BCUT2D eigenvalue weighted by molar-refractivity contribution is 0.174. The first-order chi connectivity index (χ1) is 8.63. The quantitative estimate of drug-likeness (QED) is 0.819. The first-order valence-corrected chi connectivity index (χ1v) is 6.16. The number of nitriles is 1. The van der Waals surface area contributed by atoms with Gasteiger partial charge in [-0.05, 0) is 31.4 Å². The van der Waals surface area contributed by atoms with E-state index in [0.717, 1.165) is 42.1 Å². The molecule has 0 atom stereocenters. The SMILES string of the molecule is Cc1cc2c(cc1N(C)CC1(C#N)CC1)OCO2. The highest BCUT2D eigenvalue weighted by Crippen LogP contribution is 2.46. The summed E-state index contributed by atoms with van der Waals surface area (Å²) >= 11 is 0. The van der Waals surface area contributed by atoms with E-state index in [1.54, 1.807) is 0 Å². The van der Waals surface area contributed by atoms with Crippen LogP contribution in [0.15, 0.2) is 12.1 Å². The highest BCUT2D eigenvalue weighted by molar-refractivity contribution is 5.62. The van der Waals surface area contributed by atoms with Crippen LogP contribution in [0.2, 0.25) is 0 Å². The number of fused-ring (bicyclic) bond motifs is 1. The van der Waals surface area contributed by atoms with Crippen molar-refractivity contribution >= 4 is 5.69 Å². The summed E-state index contributed by atoms with van der Waals surface area (Å²) in [5.41, 5.74) is 2.13. The molecular formula is C14H16N2O2. The molecule has 4 heteroatoms. The van der Waals surface area contributed by atoms with Crippen LogP contribution in [0.4, 0.5) is 5.69 Å². The van der Waals surface area contributed by atoms with E-state index in [1.807, 2.05) is 19.2 Å². The summed E-state index contributed by atoms with van der Waals surface area (Å²) in [6.45, 7) is 3.13. The number of ether oxygens (including phenoxy) is 2. The molecule has 0 bridgehead atoms. The maximum Gasteiger partial charge on any atom is 0.231 e. The zero-order valence-corrected chi connectivity index (χ0v) is 10.7. The van der Waals surface area contributed by atoms with E-state index in [4.69, 9.17) is 14.7 Å². The zero-order valence-electron chi connectivity index (χ0n) is 10.7. The van der Waals surface area contributed by atoms with E-state index >= 15 is 0 Å². The van der Waals surface area contributed by atoms with Crippen molar-refractivity contribution in [3.63, 3.8) is 0 Å². The molecule has 1 aliphatic carbocycles. The number of benzene rings is 1. The zero-order chi connectivity index (χ0) is 12.8. The lowest BCUT2D eigenvalue weighted by Gasteiger charge is -2.24. The maximum atomic E-state index is 9.16. The maximum absolute atomic E-state index is 9.16. The van der Waals surface area contributed by atoms with Gasteiger partial charge in [-0.3, -0.25) is 0 Å². The van der Waals surface area contributed by atoms with E-state index in [2.05, 4.69) is 17.9 Å². The molecule has 0 unspecified atom stereocenters. The van der Waals surface area contributed by atoms with Gasteiger partial charge in [0.05, 0.1) is 11.5 Å². The molecule has 0 amide bonds. The van der Waals surface area contributed by atoms with Gasteiger partial charge in [0, 0.05) is 25.3 Å². The third kappa shape index (κ3) is 1.76. The van der Waals surface area contributed by atoms with Crippen molar-refractivity contribution in [2.45, 2.75) is 19.8 Å². The average Bonchev–Trinajstić information content (AvgIpc) is 2.98. The second-order valence-corrected chi connectivity index (χ2v) is 5.24. The molecule has 1 aliphatic heterocycles. The van der Waals surface area contributed by atoms with E-state index < -0.39 is 0 Å². The Balaban J connectivity index is 1.86. The summed E-state index contributed by atoms with van der Waals surface area (Å²) < 4.78 is 10.8. The fourth-order valence-corrected chi connectivity index (χ4v) is 2.44. The highest BCUT2D eigenvalue weighted by Gasteiger charge is 2.44. The molecular weight excluding hydrogens is 228 g/mol. The molecule has 1 saturated carbocycles. The topological polar surface area (TPSA) is 45.5 Å². The molecule has 18 heavy (non-hydrogen) atoms. The molecule has 0 spiro atoms. The van der Waals surface area contributed by atoms with Crippen molar-refractivity contribution in [3.05, 3.63) is 17.7 Å². The van der Waals surface area contributed by atoms with Crippen LogP contribution in [0, 0.1) is 23.7 Å². The third-order valence-electron chi connectivity index (χ3n) is 3.73. The Morgan fingerprint density at radius 1 is 1.33 bits per heavy atom. The smallest absolute Gasteiger partial charge is 0.231 e. The standard InChI is InChI=1S/C14H16N2O2/c1-10-5-12-13(18-9-17-12)6-11(10)16(2)8-14(7-15)3-4-14/h5-6H,3-4,8-9H2,1-2H3. The van der Waals surface area contributed by atoms with Crippen molar-refractivity contribution in [3.8, 4) is 17.6 Å². The van der Waals surface area contributed by atoms with E-state index in [0.29, 0.717) is 6.79 Å². The minimum absolute atomic E-state index is 0.127. The average molecular weight is 244 g/mol. The molecule has 0 saturated heterocycles. The van der Waals surface area contributed by atoms with Crippen LogP contribution < -0.4 is 14.4 Å². The van der Waals surface area contributed by atoms with E-state index in [-0.39, 0.29) is 5.41 Å². The van der Waals surface area contributed by atoms with Gasteiger partial charge in [0.1, 0.15) is 0 Å². The van der Waals surface area contributed by atoms with Crippen molar-refractivity contribution in [2.75, 3.05) is 25.3 Å². The Kier molecular flexibility index (Phi) is 2.37. The molecule has 1 aromatic rings. The normalized spacial score (nSPS) is 18.3. The lowest BCUT2D eigenvalue weighted by atomic mass is 10.1. The summed E-state index contributed by atoms with van der Waals surface area (Å²) in [5.74, 6) is 1.61. The predicted molar refractivity (Wildman–Crippen MR) is 67.9 cm³/mol. The van der Waals surface area contributed by atoms with Crippen LogP contribution in [0.3, 0.4) is 0 Å². The molecule has 2 aliphatic rings. The summed E-state index contributed by atoms with van der Waals surface area (Å²) in [4.78, 5) is 2.15. The molecule has 0 N–H and O–H groups in total. The van der Waals surface area contributed by atoms with Crippen LogP contribution in [0.5, 0.6) is 11.5 Å². The number of hydrogen-bond acceptors (Lipinski definition) is 4. The largest absolute Gasteiger partial charge is 0.454 e. The number of anilines is 1. The lowest BCUT2D eigenvalue weighted by Crippen LogP contribution is -2.26. The van der Waals surface area contributed by atoms with Gasteiger partial charge in [0.15, 0.2) is 11.5 Å². The third-order valence-corrected chi connectivity index (χ3v) is 3.73. The van der Waals surface area contributed by atoms with Gasteiger partial charge in [-0.1, -0.05) is 0 Å². The summed E-state index contributed by atoms with van der Waals surface area (Å²) in [5, 5.41) is 9.16. The number of aryl methyl sites for hydroxylation is 1. The van der Waals surface area contributed by atoms with Crippen LogP contribution >= 0.6 is 0 Å². The van der Waals surface area contributed by atoms with Crippen molar-refractivity contribution < 1.29 is 9.47 Å². The number of hydrogen-bond donors (Lipinski definition) is 0. The molecule has 1 heterocycles. The Bertz CT molecular complexity index is 529. The minimum Gasteiger partial charge on any atom is -0.454 e. The summed E-state index contributed by atoms with van der Waals surface area (Å²) in [7, 11) is 2.03. The van der Waals surface area contributed by atoms with E-state index in [1.165, 1.54) is 0 Å². The van der Waals surface area contributed by atoms with Gasteiger partial charge in [-0.2, -0.15) is 5.26 Å². The minimum atomic E-state index is -0.127. The van der Waals surface area contributed by atoms with Gasteiger partial charge in [0.2, 0.25) is 6.79 Å².